The number of rotatable bonds is 3. The van der Waals surface area contributed by atoms with E-state index in [0.29, 0.717) is 6.54 Å². The van der Waals surface area contributed by atoms with Crippen LogP contribution in [0.1, 0.15) is 25.6 Å². The Hall–Kier alpha value is -1.36. The molecule has 1 saturated heterocycles. The second-order valence-electron chi connectivity index (χ2n) is 4.08. The molecule has 1 amide bonds. The molecule has 1 aromatic heterocycles. The van der Waals surface area contributed by atoms with Crippen molar-refractivity contribution in [2.45, 2.75) is 32.4 Å². The maximum absolute atomic E-state index is 11.9. The zero-order valence-corrected chi connectivity index (χ0v) is 9.40. The Morgan fingerprint density at radius 1 is 1.75 bits per heavy atom. The molecule has 0 radical (unpaired) electrons. The van der Waals surface area contributed by atoms with Crippen molar-refractivity contribution in [3.63, 3.8) is 0 Å². The van der Waals surface area contributed by atoms with E-state index < -0.39 is 0 Å². The van der Waals surface area contributed by atoms with Crippen molar-refractivity contribution in [3.05, 3.63) is 18.2 Å². The largest absolute Gasteiger partial charge is 0.378 e. The number of hydrogen-bond acceptors (Lipinski definition) is 3. The molecule has 1 aliphatic heterocycles. The van der Waals surface area contributed by atoms with Crippen molar-refractivity contribution >= 4 is 5.91 Å². The average molecular weight is 223 g/mol. The summed E-state index contributed by atoms with van der Waals surface area (Å²) in [6.07, 6.45) is 5.31. The number of amides is 1. The number of nitrogens with one attached hydrogen (secondary N) is 2. The maximum Gasteiger partial charge on any atom is 0.226 e. The molecule has 0 bridgehead atoms. The predicted octanol–water partition coefficient (Wildman–Crippen LogP) is 0.841. The number of ether oxygens (including phenoxy) is 1. The molecule has 16 heavy (non-hydrogen) atoms. The van der Waals surface area contributed by atoms with Gasteiger partial charge in [-0.2, -0.15) is 0 Å². The Balaban J connectivity index is 1.83. The summed E-state index contributed by atoms with van der Waals surface area (Å²) in [6, 6.07) is 0. The lowest BCUT2D eigenvalue weighted by atomic mass is 9.94. The monoisotopic (exact) mass is 223 g/mol. The van der Waals surface area contributed by atoms with Crippen LogP contribution < -0.4 is 5.32 Å². The van der Waals surface area contributed by atoms with Crippen LogP contribution in [0.2, 0.25) is 0 Å². The van der Waals surface area contributed by atoms with Crippen LogP contribution in [-0.4, -0.2) is 28.6 Å². The van der Waals surface area contributed by atoms with Gasteiger partial charge in [0.25, 0.3) is 0 Å². The summed E-state index contributed by atoms with van der Waals surface area (Å²) in [5.41, 5.74) is 0. The number of imidazole rings is 1. The summed E-state index contributed by atoms with van der Waals surface area (Å²) in [5, 5.41) is 2.87. The SMILES string of the molecule is CC1OCCCC1C(=O)NCc1ncc[nH]1. The number of carbonyl (C=O) groups excluding carboxylic acids is 1. The molecule has 2 N–H and O–H groups in total. The van der Waals surface area contributed by atoms with Crippen molar-refractivity contribution in [3.8, 4) is 0 Å². The summed E-state index contributed by atoms with van der Waals surface area (Å²) in [7, 11) is 0. The van der Waals surface area contributed by atoms with Crippen molar-refractivity contribution < 1.29 is 9.53 Å². The van der Waals surface area contributed by atoms with Crippen molar-refractivity contribution in [1.29, 1.82) is 0 Å². The minimum Gasteiger partial charge on any atom is -0.378 e. The normalized spacial score (nSPS) is 25.3. The highest BCUT2D eigenvalue weighted by molar-refractivity contribution is 5.79. The third kappa shape index (κ3) is 2.61. The van der Waals surface area contributed by atoms with Gasteiger partial charge in [0.1, 0.15) is 5.82 Å². The molecular weight excluding hydrogens is 206 g/mol. The Kier molecular flexibility index (Phi) is 3.56. The lowest BCUT2D eigenvalue weighted by Crippen LogP contribution is -2.40. The van der Waals surface area contributed by atoms with Gasteiger partial charge in [0, 0.05) is 19.0 Å². The number of aromatic nitrogens is 2. The number of nitrogens with zero attached hydrogens (tertiary/aromatic N) is 1. The number of aromatic amines is 1. The van der Waals surface area contributed by atoms with E-state index in [-0.39, 0.29) is 17.9 Å². The summed E-state index contributed by atoms with van der Waals surface area (Å²) < 4.78 is 5.46. The van der Waals surface area contributed by atoms with Gasteiger partial charge in [0.15, 0.2) is 0 Å². The fraction of sp³-hybridized carbons (Fsp3) is 0.636. The third-order valence-corrected chi connectivity index (χ3v) is 2.93. The quantitative estimate of drug-likeness (QED) is 0.798. The fourth-order valence-electron chi connectivity index (χ4n) is 1.96. The first-order valence-electron chi connectivity index (χ1n) is 5.65. The van der Waals surface area contributed by atoms with Gasteiger partial charge in [0.2, 0.25) is 5.91 Å². The highest BCUT2D eigenvalue weighted by Crippen LogP contribution is 2.20. The lowest BCUT2D eigenvalue weighted by molar-refractivity contribution is -0.133. The first kappa shape index (κ1) is 11.1. The lowest BCUT2D eigenvalue weighted by Gasteiger charge is -2.27. The zero-order valence-electron chi connectivity index (χ0n) is 9.40. The van der Waals surface area contributed by atoms with E-state index >= 15 is 0 Å². The minimum atomic E-state index is -0.0243. The standard InChI is InChI=1S/C11H17N3O2/c1-8-9(3-2-6-16-8)11(15)14-7-10-12-4-5-13-10/h4-5,8-9H,2-3,6-7H2,1H3,(H,12,13)(H,14,15). The van der Waals surface area contributed by atoms with Crippen LogP contribution in [0, 0.1) is 5.92 Å². The molecular formula is C11H17N3O2. The second kappa shape index (κ2) is 5.12. The van der Waals surface area contributed by atoms with Crippen LogP contribution in [0.3, 0.4) is 0 Å². The highest BCUT2D eigenvalue weighted by Gasteiger charge is 2.28. The smallest absolute Gasteiger partial charge is 0.226 e. The van der Waals surface area contributed by atoms with E-state index in [1.165, 1.54) is 0 Å². The number of H-pyrrole nitrogens is 1. The Labute approximate surface area is 94.6 Å². The molecule has 2 heterocycles. The van der Waals surface area contributed by atoms with Crippen LogP contribution in [0.15, 0.2) is 12.4 Å². The second-order valence-corrected chi connectivity index (χ2v) is 4.08. The van der Waals surface area contributed by atoms with Gasteiger partial charge < -0.3 is 15.0 Å². The van der Waals surface area contributed by atoms with Gasteiger partial charge in [0.05, 0.1) is 18.6 Å². The van der Waals surface area contributed by atoms with Crippen LogP contribution in [0.25, 0.3) is 0 Å². The van der Waals surface area contributed by atoms with E-state index in [1.54, 1.807) is 12.4 Å². The molecule has 2 unspecified atom stereocenters. The molecule has 2 rings (SSSR count). The van der Waals surface area contributed by atoms with Crippen molar-refractivity contribution in [2.24, 2.45) is 5.92 Å². The molecule has 5 heteroatoms. The summed E-state index contributed by atoms with van der Waals surface area (Å²) >= 11 is 0. The Bertz CT molecular complexity index is 337. The van der Waals surface area contributed by atoms with Crippen LogP contribution in [0.4, 0.5) is 0 Å². The third-order valence-electron chi connectivity index (χ3n) is 2.93. The van der Waals surface area contributed by atoms with Crippen LogP contribution >= 0.6 is 0 Å². The van der Waals surface area contributed by atoms with Crippen molar-refractivity contribution in [1.82, 2.24) is 15.3 Å². The van der Waals surface area contributed by atoms with E-state index in [4.69, 9.17) is 4.74 Å². The molecule has 0 aromatic carbocycles. The van der Waals surface area contributed by atoms with Gasteiger partial charge in [-0.25, -0.2) is 4.98 Å². The van der Waals surface area contributed by atoms with E-state index in [0.717, 1.165) is 25.3 Å². The Morgan fingerprint density at radius 2 is 2.62 bits per heavy atom. The van der Waals surface area contributed by atoms with E-state index in [9.17, 15) is 4.79 Å². The van der Waals surface area contributed by atoms with Crippen molar-refractivity contribution in [2.75, 3.05) is 6.61 Å². The van der Waals surface area contributed by atoms with Crippen LogP contribution in [0.5, 0.6) is 0 Å². The van der Waals surface area contributed by atoms with E-state index in [2.05, 4.69) is 15.3 Å². The molecule has 0 aliphatic carbocycles. The average Bonchev–Trinajstić information content (AvgIpc) is 2.79. The van der Waals surface area contributed by atoms with Crippen LogP contribution in [-0.2, 0) is 16.1 Å². The van der Waals surface area contributed by atoms with Gasteiger partial charge >= 0.3 is 0 Å². The number of carbonyl (C=O) groups is 1. The summed E-state index contributed by atoms with van der Waals surface area (Å²) in [6.45, 7) is 3.18. The number of hydrogen-bond donors (Lipinski definition) is 2. The Morgan fingerprint density at radius 3 is 3.31 bits per heavy atom. The molecule has 1 aliphatic rings. The summed E-state index contributed by atoms with van der Waals surface area (Å²) in [5.74, 6) is 0.810. The first-order valence-corrected chi connectivity index (χ1v) is 5.65. The van der Waals surface area contributed by atoms with E-state index in [1.807, 2.05) is 6.92 Å². The zero-order chi connectivity index (χ0) is 11.4. The molecule has 0 spiro atoms. The van der Waals surface area contributed by atoms with Gasteiger partial charge in [-0.3, -0.25) is 4.79 Å². The van der Waals surface area contributed by atoms with Gasteiger partial charge in [-0.15, -0.1) is 0 Å². The molecule has 88 valence electrons. The minimum absolute atomic E-state index is 0.0188. The topological polar surface area (TPSA) is 67.0 Å². The molecule has 0 saturated carbocycles. The van der Waals surface area contributed by atoms with Gasteiger partial charge in [-0.05, 0) is 19.8 Å². The first-order chi connectivity index (χ1) is 7.77. The summed E-state index contributed by atoms with van der Waals surface area (Å²) in [4.78, 5) is 18.9. The van der Waals surface area contributed by atoms with Gasteiger partial charge in [-0.1, -0.05) is 0 Å². The maximum atomic E-state index is 11.9. The fourth-order valence-corrected chi connectivity index (χ4v) is 1.96. The molecule has 2 atom stereocenters. The molecule has 1 fully saturated rings. The highest BCUT2D eigenvalue weighted by atomic mass is 16.5. The molecule has 5 nitrogen and oxygen atoms in total. The predicted molar refractivity (Wildman–Crippen MR) is 58.6 cm³/mol. The molecule has 1 aromatic rings.